The van der Waals surface area contributed by atoms with Crippen LogP contribution in [0.4, 0.5) is 17.6 Å². The molecule has 0 spiro atoms. The van der Waals surface area contributed by atoms with Gasteiger partial charge in [0, 0.05) is 22.0 Å². The molecule has 0 unspecified atom stereocenters. The number of rotatable bonds is 2. The van der Waals surface area contributed by atoms with E-state index < -0.39 is 34.4 Å². The zero-order valence-electron chi connectivity index (χ0n) is 8.05. The molecule has 0 fully saturated rings. The lowest BCUT2D eigenvalue weighted by Gasteiger charge is -2.08. The Balaban J connectivity index is 3.40. The van der Waals surface area contributed by atoms with Crippen LogP contribution in [0, 0.1) is 30.2 Å². The molecule has 0 aliphatic carbocycles. The SMILES string of the molecule is Cc1c(F)c(F)c(CC(Br)=CBr)c(F)c1F. The van der Waals surface area contributed by atoms with Crippen LogP contribution in [0.3, 0.4) is 0 Å². The molecule has 0 atom stereocenters. The molecule has 6 heteroatoms. The van der Waals surface area contributed by atoms with Crippen LogP contribution in [0.1, 0.15) is 11.1 Å². The van der Waals surface area contributed by atoms with Crippen molar-refractivity contribution in [3.05, 3.63) is 43.9 Å². The average molecular weight is 362 g/mol. The Kier molecular flexibility index (Phi) is 4.55. The summed E-state index contributed by atoms with van der Waals surface area (Å²) in [6, 6.07) is 0. The average Bonchev–Trinajstić information content (AvgIpc) is 2.29. The van der Waals surface area contributed by atoms with Gasteiger partial charge >= 0.3 is 0 Å². The zero-order chi connectivity index (χ0) is 12.5. The lowest BCUT2D eigenvalue weighted by molar-refractivity contribution is 0.434. The van der Waals surface area contributed by atoms with Crippen molar-refractivity contribution in [3.8, 4) is 0 Å². The van der Waals surface area contributed by atoms with Crippen molar-refractivity contribution in [2.24, 2.45) is 0 Å². The molecule has 0 radical (unpaired) electrons. The van der Waals surface area contributed by atoms with Crippen LogP contribution in [0.5, 0.6) is 0 Å². The lowest BCUT2D eigenvalue weighted by atomic mass is 10.1. The van der Waals surface area contributed by atoms with E-state index in [1.807, 2.05) is 0 Å². The second kappa shape index (κ2) is 5.31. The monoisotopic (exact) mass is 360 g/mol. The van der Waals surface area contributed by atoms with Crippen LogP contribution in [0.15, 0.2) is 9.47 Å². The summed E-state index contributed by atoms with van der Waals surface area (Å²) in [5, 5.41) is 0. The van der Waals surface area contributed by atoms with E-state index in [0.717, 1.165) is 6.92 Å². The van der Waals surface area contributed by atoms with Gasteiger partial charge in [-0.15, -0.1) is 0 Å². The van der Waals surface area contributed by atoms with E-state index in [1.165, 1.54) is 4.99 Å². The number of halogens is 6. The molecule has 0 amide bonds. The minimum Gasteiger partial charge on any atom is -0.203 e. The van der Waals surface area contributed by atoms with Crippen molar-refractivity contribution in [2.75, 3.05) is 0 Å². The highest BCUT2D eigenvalue weighted by atomic mass is 79.9. The van der Waals surface area contributed by atoms with Gasteiger partial charge in [0.1, 0.15) is 0 Å². The highest BCUT2D eigenvalue weighted by Gasteiger charge is 2.22. The van der Waals surface area contributed by atoms with Crippen molar-refractivity contribution < 1.29 is 17.6 Å². The van der Waals surface area contributed by atoms with E-state index in [9.17, 15) is 17.6 Å². The summed E-state index contributed by atoms with van der Waals surface area (Å²) < 4.78 is 53.4. The van der Waals surface area contributed by atoms with Crippen molar-refractivity contribution >= 4 is 31.9 Å². The van der Waals surface area contributed by atoms with Crippen molar-refractivity contribution in [3.63, 3.8) is 0 Å². The zero-order valence-corrected chi connectivity index (χ0v) is 11.2. The van der Waals surface area contributed by atoms with E-state index in [-0.39, 0.29) is 6.42 Å². The summed E-state index contributed by atoms with van der Waals surface area (Å²) >= 11 is 5.92. The summed E-state index contributed by atoms with van der Waals surface area (Å²) in [5.41, 5.74) is -1.29. The molecule has 0 heterocycles. The third-order valence-electron chi connectivity index (χ3n) is 2.04. The molecule has 0 saturated heterocycles. The minimum atomic E-state index is -1.36. The Labute approximate surface area is 107 Å². The highest BCUT2D eigenvalue weighted by molar-refractivity contribution is 9.14. The topological polar surface area (TPSA) is 0 Å². The van der Waals surface area contributed by atoms with Gasteiger partial charge in [0.2, 0.25) is 0 Å². The largest absolute Gasteiger partial charge is 0.203 e. The number of hydrogen-bond donors (Lipinski definition) is 0. The summed E-state index contributed by atoms with van der Waals surface area (Å²) in [6.45, 7) is 0.982. The van der Waals surface area contributed by atoms with Crippen molar-refractivity contribution in [1.82, 2.24) is 0 Å². The van der Waals surface area contributed by atoms with Gasteiger partial charge in [-0.1, -0.05) is 31.9 Å². The molecule has 1 aromatic rings. The summed E-state index contributed by atoms with van der Waals surface area (Å²) in [7, 11) is 0. The Morgan fingerprint density at radius 3 is 1.88 bits per heavy atom. The molecular weight excluding hydrogens is 356 g/mol. The maximum atomic E-state index is 13.4. The van der Waals surface area contributed by atoms with Crippen LogP contribution in [0.25, 0.3) is 0 Å². The maximum absolute atomic E-state index is 13.4. The number of benzene rings is 1. The molecule has 0 N–H and O–H groups in total. The predicted octanol–water partition coefficient (Wildman–Crippen LogP) is 4.73. The Morgan fingerprint density at radius 2 is 1.50 bits per heavy atom. The van der Waals surface area contributed by atoms with Crippen LogP contribution in [0.2, 0.25) is 0 Å². The fraction of sp³-hybridized carbons (Fsp3) is 0.200. The predicted molar refractivity (Wildman–Crippen MR) is 60.7 cm³/mol. The van der Waals surface area contributed by atoms with Crippen LogP contribution < -0.4 is 0 Å². The fourth-order valence-electron chi connectivity index (χ4n) is 1.15. The van der Waals surface area contributed by atoms with E-state index in [2.05, 4.69) is 31.9 Å². The Morgan fingerprint density at radius 1 is 1.06 bits per heavy atom. The van der Waals surface area contributed by atoms with Crippen LogP contribution >= 0.6 is 31.9 Å². The molecule has 1 rings (SSSR count). The second-order valence-corrected chi connectivity index (χ2v) is 4.57. The second-order valence-electron chi connectivity index (χ2n) is 3.09. The molecule has 1 aromatic carbocycles. The summed E-state index contributed by atoms with van der Waals surface area (Å²) in [4.78, 5) is 1.36. The molecule has 0 aliphatic rings. The molecule has 0 bridgehead atoms. The first-order chi connectivity index (χ1) is 7.40. The Hall–Kier alpha value is -0.360. The van der Waals surface area contributed by atoms with E-state index in [1.54, 1.807) is 0 Å². The van der Waals surface area contributed by atoms with Gasteiger partial charge in [0.15, 0.2) is 23.3 Å². The number of hydrogen-bond acceptors (Lipinski definition) is 0. The van der Waals surface area contributed by atoms with E-state index in [0.29, 0.717) is 4.48 Å². The van der Waals surface area contributed by atoms with Gasteiger partial charge in [-0.05, 0) is 11.9 Å². The minimum absolute atomic E-state index is 0.267. The first-order valence-electron chi connectivity index (χ1n) is 4.16. The third kappa shape index (κ3) is 2.48. The first kappa shape index (κ1) is 13.7. The van der Waals surface area contributed by atoms with Crippen LogP contribution in [-0.2, 0) is 6.42 Å². The molecular formula is C10H6Br2F4. The normalized spacial score (nSPS) is 12.1. The Bertz CT molecular complexity index is 426. The molecule has 0 aliphatic heterocycles. The van der Waals surface area contributed by atoms with Gasteiger partial charge in [-0.25, -0.2) is 17.6 Å². The lowest BCUT2D eigenvalue weighted by Crippen LogP contribution is -2.06. The van der Waals surface area contributed by atoms with Gasteiger partial charge in [0.05, 0.1) is 0 Å². The van der Waals surface area contributed by atoms with Crippen molar-refractivity contribution in [1.29, 1.82) is 0 Å². The molecule has 0 nitrogen and oxygen atoms in total. The standard InChI is InChI=1S/C10H6Br2F4/c1-4-7(13)9(15)6(2-5(12)3-11)10(16)8(4)14/h3H,2H2,1H3. The van der Waals surface area contributed by atoms with Crippen molar-refractivity contribution in [2.45, 2.75) is 13.3 Å². The van der Waals surface area contributed by atoms with Gasteiger partial charge in [-0.2, -0.15) is 0 Å². The first-order valence-corrected chi connectivity index (χ1v) is 5.87. The molecule has 16 heavy (non-hydrogen) atoms. The molecule has 0 aromatic heterocycles. The molecule has 0 saturated carbocycles. The van der Waals surface area contributed by atoms with Crippen LogP contribution in [-0.4, -0.2) is 0 Å². The number of allylic oxidation sites excluding steroid dienone is 1. The summed E-state index contributed by atoms with van der Waals surface area (Å²) in [6.07, 6.45) is -0.267. The van der Waals surface area contributed by atoms with Gasteiger partial charge in [0.25, 0.3) is 0 Å². The fourth-order valence-corrected chi connectivity index (χ4v) is 1.59. The maximum Gasteiger partial charge on any atom is 0.165 e. The van der Waals surface area contributed by atoms with E-state index in [4.69, 9.17) is 0 Å². The quantitative estimate of drug-likeness (QED) is 0.528. The smallest absolute Gasteiger partial charge is 0.165 e. The van der Waals surface area contributed by atoms with Gasteiger partial charge < -0.3 is 0 Å². The van der Waals surface area contributed by atoms with Gasteiger partial charge in [-0.3, -0.25) is 0 Å². The third-order valence-corrected chi connectivity index (χ3v) is 3.71. The molecule has 88 valence electrons. The van der Waals surface area contributed by atoms with E-state index >= 15 is 0 Å². The summed E-state index contributed by atoms with van der Waals surface area (Å²) in [5.74, 6) is -5.43. The highest BCUT2D eigenvalue weighted by Crippen LogP contribution is 2.27.